The largest absolute Gasteiger partial charge is 0.352 e. The number of hydrogen-bond donors (Lipinski definition) is 1. The SMILES string of the molecule is O=C(/C=C/c1ccccc1Cl)NCC1(c2cccs2)CCCC1. The number of thiophene rings is 1. The van der Waals surface area contributed by atoms with E-state index in [1.54, 1.807) is 23.5 Å². The molecule has 2 nitrogen and oxygen atoms in total. The van der Waals surface area contributed by atoms with Crippen molar-refractivity contribution >= 4 is 34.9 Å². The molecule has 1 N–H and O–H groups in total. The molecule has 23 heavy (non-hydrogen) atoms. The quantitative estimate of drug-likeness (QED) is 0.755. The molecule has 0 spiro atoms. The van der Waals surface area contributed by atoms with Crippen LogP contribution in [0.25, 0.3) is 6.08 Å². The van der Waals surface area contributed by atoms with Gasteiger partial charge in [0.25, 0.3) is 0 Å². The molecule has 0 atom stereocenters. The van der Waals surface area contributed by atoms with E-state index in [0.29, 0.717) is 11.6 Å². The van der Waals surface area contributed by atoms with Gasteiger partial charge in [0.2, 0.25) is 5.91 Å². The van der Waals surface area contributed by atoms with Gasteiger partial charge < -0.3 is 5.32 Å². The van der Waals surface area contributed by atoms with Crippen LogP contribution in [0.15, 0.2) is 47.9 Å². The van der Waals surface area contributed by atoms with Gasteiger partial charge in [0.05, 0.1) is 0 Å². The second-order valence-electron chi connectivity index (χ2n) is 6.04. The smallest absolute Gasteiger partial charge is 0.244 e. The lowest BCUT2D eigenvalue weighted by Crippen LogP contribution is -2.37. The van der Waals surface area contributed by atoms with Gasteiger partial charge in [0, 0.05) is 27.9 Å². The summed E-state index contributed by atoms with van der Waals surface area (Å²) in [5, 5.41) is 5.86. The maximum Gasteiger partial charge on any atom is 0.244 e. The van der Waals surface area contributed by atoms with Crippen molar-refractivity contribution in [1.29, 1.82) is 0 Å². The molecule has 0 bridgehead atoms. The van der Waals surface area contributed by atoms with E-state index in [9.17, 15) is 4.79 Å². The molecule has 1 saturated carbocycles. The maximum atomic E-state index is 12.2. The van der Waals surface area contributed by atoms with Crippen molar-refractivity contribution in [3.63, 3.8) is 0 Å². The molecule has 1 aromatic heterocycles. The molecule has 120 valence electrons. The molecule has 3 rings (SSSR count). The Morgan fingerprint density at radius 1 is 1.22 bits per heavy atom. The van der Waals surface area contributed by atoms with E-state index in [4.69, 9.17) is 11.6 Å². The van der Waals surface area contributed by atoms with Crippen LogP contribution in [0.1, 0.15) is 36.1 Å². The molecule has 0 aliphatic heterocycles. The zero-order chi connectivity index (χ0) is 16.1. The first-order chi connectivity index (χ1) is 11.2. The van der Waals surface area contributed by atoms with Gasteiger partial charge in [0.1, 0.15) is 0 Å². The van der Waals surface area contributed by atoms with Crippen LogP contribution in [0.4, 0.5) is 0 Å². The molecule has 1 aliphatic rings. The predicted octanol–water partition coefficient (Wildman–Crippen LogP) is 5.04. The average molecular weight is 346 g/mol. The fourth-order valence-electron chi connectivity index (χ4n) is 3.23. The summed E-state index contributed by atoms with van der Waals surface area (Å²) in [6, 6.07) is 11.8. The summed E-state index contributed by atoms with van der Waals surface area (Å²) in [5.41, 5.74) is 0.986. The van der Waals surface area contributed by atoms with Gasteiger partial charge in [-0.3, -0.25) is 4.79 Å². The number of halogens is 1. The zero-order valence-corrected chi connectivity index (χ0v) is 14.5. The van der Waals surface area contributed by atoms with Crippen LogP contribution in [0.3, 0.4) is 0 Å². The number of nitrogens with one attached hydrogen (secondary N) is 1. The molecule has 1 amide bonds. The highest BCUT2D eigenvalue weighted by atomic mass is 35.5. The third-order valence-corrected chi connectivity index (χ3v) is 5.99. The molecule has 1 heterocycles. The Kier molecular flexibility index (Phi) is 5.19. The molecule has 0 unspecified atom stereocenters. The van der Waals surface area contributed by atoms with Gasteiger partial charge in [0.15, 0.2) is 0 Å². The fraction of sp³-hybridized carbons (Fsp3) is 0.316. The normalized spacial score (nSPS) is 16.7. The maximum absolute atomic E-state index is 12.2. The topological polar surface area (TPSA) is 29.1 Å². The van der Waals surface area contributed by atoms with Crippen LogP contribution in [0.5, 0.6) is 0 Å². The second kappa shape index (κ2) is 7.33. The van der Waals surface area contributed by atoms with Crippen LogP contribution < -0.4 is 5.32 Å². The Balaban J connectivity index is 1.63. The third-order valence-electron chi connectivity index (χ3n) is 4.53. The van der Waals surface area contributed by atoms with Crippen molar-refractivity contribution in [3.8, 4) is 0 Å². The lowest BCUT2D eigenvalue weighted by Gasteiger charge is -2.28. The summed E-state index contributed by atoms with van der Waals surface area (Å²) in [6.07, 6.45) is 8.12. The number of benzene rings is 1. The van der Waals surface area contributed by atoms with Gasteiger partial charge in [-0.05, 0) is 42.0 Å². The van der Waals surface area contributed by atoms with E-state index in [-0.39, 0.29) is 11.3 Å². The lowest BCUT2D eigenvalue weighted by atomic mass is 9.84. The highest BCUT2D eigenvalue weighted by Crippen LogP contribution is 2.42. The molecule has 4 heteroatoms. The Morgan fingerprint density at radius 2 is 2.00 bits per heavy atom. The zero-order valence-electron chi connectivity index (χ0n) is 12.9. The molecular formula is C19H20ClNOS. The van der Waals surface area contributed by atoms with Crippen LogP contribution in [-0.2, 0) is 10.2 Å². The molecule has 0 radical (unpaired) electrons. The minimum atomic E-state index is -0.0623. The van der Waals surface area contributed by atoms with Crippen LogP contribution >= 0.6 is 22.9 Å². The van der Waals surface area contributed by atoms with Crippen molar-refractivity contribution in [2.24, 2.45) is 0 Å². The number of carbonyl (C=O) groups excluding carboxylic acids is 1. The molecule has 1 aliphatic carbocycles. The number of hydrogen-bond acceptors (Lipinski definition) is 2. The van der Waals surface area contributed by atoms with Crippen LogP contribution in [-0.4, -0.2) is 12.5 Å². The van der Waals surface area contributed by atoms with E-state index in [1.165, 1.54) is 17.7 Å². The van der Waals surface area contributed by atoms with E-state index < -0.39 is 0 Å². The standard InChI is InChI=1S/C19H20ClNOS/c20-16-7-2-1-6-15(16)9-10-18(22)21-14-19(11-3-4-12-19)17-8-5-13-23-17/h1-2,5-10,13H,3-4,11-12,14H2,(H,21,22)/b10-9+. The number of rotatable bonds is 5. The molecule has 2 aromatic rings. The first-order valence-corrected chi connectivity index (χ1v) is 9.20. The Morgan fingerprint density at radius 3 is 2.70 bits per heavy atom. The van der Waals surface area contributed by atoms with E-state index >= 15 is 0 Å². The monoisotopic (exact) mass is 345 g/mol. The summed E-state index contributed by atoms with van der Waals surface area (Å²) in [4.78, 5) is 13.6. The average Bonchev–Trinajstić information content (AvgIpc) is 3.24. The van der Waals surface area contributed by atoms with Gasteiger partial charge in [-0.25, -0.2) is 0 Å². The molecule has 1 aromatic carbocycles. The van der Waals surface area contributed by atoms with Gasteiger partial charge in [-0.15, -0.1) is 11.3 Å². The van der Waals surface area contributed by atoms with Crippen molar-refractivity contribution in [2.45, 2.75) is 31.1 Å². The molecular weight excluding hydrogens is 326 g/mol. The summed E-state index contributed by atoms with van der Waals surface area (Å²) < 4.78 is 0. The Hall–Kier alpha value is -1.58. The lowest BCUT2D eigenvalue weighted by molar-refractivity contribution is -0.116. The van der Waals surface area contributed by atoms with E-state index in [2.05, 4.69) is 22.8 Å². The summed E-state index contributed by atoms with van der Waals surface area (Å²) in [6.45, 7) is 0.708. The fourth-order valence-corrected chi connectivity index (χ4v) is 4.42. The minimum Gasteiger partial charge on any atom is -0.352 e. The summed E-state index contributed by atoms with van der Waals surface area (Å²) in [7, 11) is 0. The van der Waals surface area contributed by atoms with Gasteiger partial charge in [-0.2, -0.15) is 0 Å². The summed E-state index contributed by atoms with van der Waals surface area (Å²) >= 11 is 7.89. The minimum absolute atomic E-state index is 0.0623. The van der Waals surface area contributed by atoms with E-state index in [0.717, 1.165) is 18.4 Å². The third kappa shape index (κ3) is 3.85. The van der Waals surface area contributed by atoms with E-state index in [1.807, 2.05) is 24.3 Å². The first-order valence-electron chi connectivity index (χ1n) is 7.94. The van der Waals surface area contributed by atoms with Gasteiger partial charge in [-0.1, -0.05) is 48.7 Å². The molecule has 0 saturated heterocycles. The predicted molar refractivity (Wildman–Crippen MR) is 98.0 cm³/mol. The van der Waals surface area contributed by atoms with Crippen LogP contribution in [0.2, 0.25) is 5.02 Å². The number of carbonyl (C=O) groups is 1. The Labute approximate surface area is 146 Å². The number of amides is 1. The van der Waals surface area contributed by atoms with Gasteiger partial charge >= 0.3 is 0 Å². The highest BCUT2D eigenvalue weighted by Gasteiger charge is 2.36. The molecule has 1 fully saturated rings. The van der Waals surface area contributed by atoms with Crippen molar-refractivity contribution < 1.29 is 4.79 Å². The highest BCUT2D eigenvalue weighted by molar-refractivity contribution is 7.10. The first kappa shape index (κ1) is 16.3. The Bertz CT molecular complexity index is 687. The van der Waals surface area contributed by atoms with Crippen molar-refractivity contribution in [2.75, 3.05) is 6.54 Å². The summed E-state index contributed by atoms with van der Waals surface area (Å²) in [5.74, 6) is -0.0623. The van der Waals surface area contributed by atoms with Crippen LogP contribution in [0, 0.1) is 0 Å². The van der Waals surface area contributed by atoms with Crippen molar-refractivity contribution in [1.82, 2.24) is 5.32 Å². The van der Waals surface area contributed by atoms with Crippen molar-refractivity contribution in [3.05, 3.63) is 63.3 Å². The second-order valence-corrected chi connectivity index (χ2v) is 7.39.